The number of benzene rings is 3. The molecule has 1 aromatic heterocycles. The number of nitrogens with one attached hydrogen (secondary N) is 1. The molecule has 1 amide bonds. The van der Waals surface area contributed by atoms with Gasteiger partial charge in [-0.1, -0.05) is 24.3 Å². The van der Waals surface area contributed by atoms with Crippen LogP contribution in [0.4, 0.5) is 0 Å². The molecule has 5 rings (SSSR count). The zero-order valence-electron chi connectivity index (χ0n) is 22.3. The van der Waals surface area contributed by atoms with E-state index in [0.717, 1.165) is 11.3 Å². The van der Waals surface area contributed by atoms with E-state index in [9.17, 15) is 14.7 Å². The van der Waals surface area contributed by atoms with Crippen LogP contribution in [0.25, 0.3) is 11.0 Å². The van der Waals surface area contributed by atoms with E-state index in [1.165, 1.54) is 14.2 Å². The summed E-state index contributed by atoms with van der Waals surface area (Å²) in [4.78, 5) is 26.6. The Hall–Kier alpha value is -4.86. The van der Waals surface area contributed by atoms with Crippen molar-refractivity contribution in [3.63, 3.8) is 0 Å². The van der Waals surface area contributed by atoms with Crippen molar-refractivity contribution in [1.29, 1.82) is 0 Å². The number of ether oxygens (including phenoxy) is 5. The number of methoxy groups -OCH3 is 3. The molecule has 2 N–H and O–H groups in total. The highest BCUT2D eigenvalue weighted by molar-refractivity contribution is 5.85. The SMILES string of the molecule is COc1ccc(CCNC(=O)C[C@@H](c2cc(OC)c3c(c2OC)OCO3)c2c(O)c3ccccc3oc2=O)cc1. The number of para-hydroxylation sites is 1. The summed E-state index contributed by atoms with van der Waals surface area (Å²) in [6, 6.07) is 15.8. The van der Waals surface area contributed by atoms with Gasteiger partial charge in [-0.25, -0.2) is 4.79 Å². The van der Waals surface area contributed by atoms with Crippen LogP contribution < -0.4 is 34.6 Å². The molecule has 0 spiro atoms. The second-order valence-electron chi connectivity index (χ2n) is 9.12. The van der Waals surface area contributed by atoms with E-state index in [-0.39, 0.29) is 47.5 Å². The number of hydrogen-bond acceptors (Lipinski definition) is 9. The summed E-state index contributed by atoms with van der Waals surface area (Å²) in [6.07, 6.45) is 0.392. The number of aromatic hydroxyl groups is 1. The van der Waals surface area contributed by atoms with Gasteiger partial charge in [-0.05, 0) is 42.3 Å². The molecule has 0 saturated heterocycles. The highest BCUT2D eigenvalue weighted by atomic mass is 16.7. The maximum Gasteiger partial charge on any atom is 0.343 e. The molecule has 1 aliphatic heterocycles. The Balaban J connectivity index is 1.52. The third-order valence-corrected chi connectivity index (χ3v) is 6.84. The molecule has 208 valence electrons. The van der Waals surface area contributed by atoms with Crippen molar-refractivity contribution in [2.45, 2.75) is 18.8 Å². The topological polar surface area (TPSA) is 126 Å². The number of hydrogen-bond donors (Lipinski definition) is 2. The Morgan fingerprint density at radius 3 is 2.48 bits per heavy atom. The zero-order valence-corrected chi connectivity index (χ0v) is 22.3. The fourth-order valence-corrected chi connectivity index (χ4v) is 4.87. The molecule has 3 aromatic carbocycles. The van der Waals surface area contributed by atoms with E-state index < -0.39 is 11.5 Å². The normalized spacial score (nSPS) is 12.7. The van der Waals surface area contributed by atoms with Gasteiger partial charge in [0.25, 0.3) is 0 Å². The Morgan fingerprint density at radius 1 is 1.00 bits per heavy atom. The second kappa shape index (κ2) is 11.5. The number of fused-ring (bicyclic) bond motifs is 2. The van der Waals surface area contributed by atoms with Crippen LogP contribution in [0.15, 0.2) is 63.8 Å². The summed E-state index contributed by atoms with van der Waals surface area (Å²) in [5.41, 5.74) is 0.792. The number of carbonyl (C=O) groups excluding carboxylic acids is 1. The molecule has 0 aliphatic carbocycles. The lowest BCUT2D eigenvalue weighted by atomic mass is 9.86. The van der Waals surface area contributed by atoms with Gasteiger partial charge in [0.1, 0.15) is 17.1 Å². The Labute approximate surface area is 230 Å². The maximum absolute atomic E-state index is 13.3. The average Bonchev–Trinajstić information content (AvgIpc) is 3.46. The van der Waals surface area contributed by atoms with Crippen LogP contribution in [-0.2, 0) is 11.2 Å². The molecule has 0 bridgehead atoms. The van der Waals surface area contributed by atoms with Crippen LogP contribution in [0.3, 0.4) is 0 Å². The van der Waals surface area contributed by atoms with Crippen molar-refractivity contribution in [3.05, 3.63) is 81.7 Å². The number of rotatable bonds is 10. The lowest BCUT2D eigenvalue weighted by Gasteiger charge is -2.22. The smallest absolute Gasteiger partial charge is 0.343 e. The van der Waals surface area contributed by atoms with Crippen molar-refractivity contribution in [2.24, 2.45) is 0 Å². The van der Waals surface area contributed by atoms with Crippen LogP contribution in [0.5, 0.6) is 34.5 Å². The van der Waals surface area contributed by atoms with Crippen LogP contribution in [0.2, 0.25) is 0 Å². The quantitative estimate of drug-likeness (QED) is 0.282. The summed E-state index contributed by atoms with van der Waals surface area (Å²) in [5.74, 6) is 0.379. The van der Waals surface area contributed by atoms with Crippen LogP contribution in [-0.4, -0.2) is 45.7 Å². The molecular formula is C30H29NO9. The van der Waals surface area contributed by atoms with Crippen molar-refractivity contribution < 1.29 is 38.0 Å². The molecule has 0 fully saturated rings. The van der Waals surface area contributed by atoms with E-state index in [0.29, 0.717) is 35.4 Å². The fourth-order valence-electron chi connectivity index (χ4n) is 4.87. The molecule has 2 heterocycles. The van der Waals surface area contributed by atoms with Gasteiger partial charge in [-0.3, -0.25) is 4.79 Å². The van der Waals surface area contributed by atoms with Crippen molar-refractivity contribution in [3.8, 4) is 34.5 Å². The molecule has 0 radical (unpaired) electrons. The predicted molar refractivity (Wildman–Crippen MR) is 146 cm³/mol. The molecule has 1 aliphatic rings. The molecule has 0 unspecified atom stereocenters. The van der Waals surface area contributed by atoms with Gasteiger partial charge in [0.15, 0.2) is 11.5 Å². The lowest BCUT2D eigenvalue weighted by molar-refractivity contribution is -0.121. The standard InChI is InChI=1S/C30H29NO9/c1-35-18-10-8-17(9-11-18)12-13-31-24(32)15-20(25-26(33)19-6-4-5-7-22(19)40-30(25)34)21-14-23(36-2)28-29(27(21)37-3)39-16-38-28/h4-11,14,20,33H,12-13,15-16H2,1-3H3,(H,31,32)/t20-/m0/s1. The van der Waals surface area contributed by atoms with Gasteiger partial charge >= 0.3 is 5.63 Å². The first kappa shape index (κ1) is 26.7. The van der Waals surface area contributed by atoms with Gasteiger partial charge < -0.3 is 38.5 Å². The summed E-state index contributed by atoms with van der Waals surface area (Å²) in [6.45, 7) is 0.309. The molecule has 10 nitrogen and oxygen atoms in total. The molecule has 40 heavy (non-hydrogen) atoms. The van der Waals surface area contributed by atoms with Gasteiger partial charge in [0, 0.05) is 24.4 Å². The van der Waals surface area contributed by atoms with Crippen molar-refractivity contribution in [1.82, 2.24) is 5.32 Å². The summed E-state index contributed by atoms with van der Waals surface area (Å²) < 4.78 is 33.1. The summed E-state index contributed by atoms with van der Waals surface area (Å²) >= 11 is 0. The minimum atomic E-state index is -0.972. The largest absolute Gasteiger partial charge is 0.507 e. The van der Waals surface area contributed by atoms with Crippen LogP contribution in [0.1, 0.15) is 29.0 Å². The van der Waals surface area contributed by atoms with Gasteiger partial charge in [0.2, 0.25) is 24.2 Å². The zero-order chi connectivity index (χ0) is 28.2. The van der Waals surface area contributed by atoms with Gasteiger partial charge in [0.05, 0.1) is 32.3 Å². The minimum absolute atomic E-state index is 0.0502. The summed E-state index contributed by atoms with van der Waals surface area (Å²) in [7, 11) is 4.52. The molecule has 1 atom stereocenters. The van der Waals surface area contributed by atoms with Crippen molar-refractivity contribution in [2.75, 3.05) is 34.7 Å². The van der Waals surface area contributed by atoms with Crippen molar-refractivity contribution >= 4 is 16.9 Å². The molecule has 0 saturated carbocycles. The van der Waals surface area contributed by atoms with E-state index in [2.05, 4.69) is 5.32 Å². The third kappa shape index (κ3) is 5.07. The molecule has 10 heteroatoms. The minimum Gasteiger partial charge on any atom is -0.507 e. The van der Waals surface area contributed by atoms with Crippen LogP contribution in [0, 0.1) is 0 Å². The van der Waals surface area contributed by atoms with E-state index >= 15 is 0 Å². The second-order valence-corrected chi connectivity index (χ2v) is 9.12. The van der Waals surface area contributed by atoms with E-state index in [1.807, 2.05) is 24.3 Å². The predicted octanol–water partition coefficient (Wildman–Crippen LogP) is 4.13. The first-order chi connectivity index (χ1) is 19.4. The Morgan fingerprint density at radius 2 is 1.75 bits per heavy atom. The highest BCUT2D eigenvalue weighted by Gasteiger charge is 2.35. The average molecular weight is 548 g/mol. The van der Waals surface area contributed by atoms with E-state index in [1.54, 1.807) is 37.4 Å². The maximum atomic E-state index is 13.3. The van der Waals surface area contributed by atoms with Gasteiger partial charge in [-0.2, -0.15) is 0 Å². The number of carbonyl (C=O) groups is 1. The third-order valence-electron chi connectivity index (χ3n) is 6.84. The Kier molecular flexibility index (Phi) is 7.68. The highest BCUT2D eigenvalue weighted by Crippen LogP contribution is 2.53. The van der Waals surface area contributed by atoms with Gasteiger partial charge in [-0.15, -0.1) is 0 Å². The molecular weight excluding hydrogens is 518 g/mol. The van der Waals surface area contributed by atoms with Crippen LogP contribution >= 0.6 is 0 Å². The first-order valence-corrected chi connectivity index (χ1v) is 12.6. The molecule has 4 aromatic rings. The first-order valence-electron chi connectivity index (χ1n) is 12.6. The fraction of sp³-hybridized carbons (Fsp3) is 0.267. The Bertz CT molecular complexity index is 1590. The number of amides is 1. The summed E-state index contributed by atoms with van der Waals surface area (Å²) in [5, 5.41) is 14.5. The monoisotopic (exact) mass is 547 g/mol. The lowest BCUT2D eigenvalue weighted by Crippen LogP contribution is -2.29. The van der Waals surface area contributed by atoms with E-state index in [4.69, 9.17) is 28.1 Å².